The summed E-state index contributed by atoms with van der Waals surface area (Å²) in [6, 6.07) is 0. The van der Waals surface area contributed by atoms with Gasteiger partial charge in [-0.2, -0.15) is 0 Å². The molecule has 1 atom stereocenters. The molecule has 0 aromatic rings. The Morgan fingerprint density at radius 2 is 1.26 bits per heavy atom. The number of esters is 1. The van der Waals surface area contributed by atoms with Gasteiger partial charge in [0, 0.05) is 19.3 Å². The highest BCUT2D eigenvalue weighted by Crippen LogP contribution is 2.12. The molecule has 0 aliphatic rings. The van der Waals surface area contributed by atoms with Crippen molar-refractivity contribution >= 4 is 11.8 Å². The smallest absolute Gasteiger partial charge is 0.306 e. The fourth-order valence-electron chi connectivity index (χ4n) is 2.70. The van der Waals surface area contributed by atoms with Gasteiger partial charge in [-0.3, -0.25) is 9.59 Å². The summed E-state index contributed by atoms with van der Waals surface area (Å²) in [5.41, 5.74) is 0. The normalized spacial score (nSPS) is 12.1. The highest BCUT2D eigenvalue weighted by molar-refractivity contribution is 5.79. The third-order valence-electron chi connectivity index (χ3n) is 4.14. The average Bonchev–Trinajstić information content (AvgIpc) is 2.51. The predicted octanol–water partition coefficient (Wildman–Crippen LogP) is 5.99. The number of rotatable bonds is 16. The van der Waals surface area contributed by atoms with Gasteiger partial charge in [-0.15, -0.1) is 0 Å². The third-order valence-corrected chi connectivity index (χ3v) is 4.14. The number of unbranched alkanes of at least 4 members (excludes halogenated alkanes) is 9. The first-order valence-corrected chi connectivity index (χ1v) is 9.81. The van der Waals surface area contributed by atoms with Crippen molar-refractivity contribution in [1.29, 1.82) is 0 Å². The largest absolute Gasteiger partial charge is 0.462 e. The molecule has 136 valence electrons. The molecule has 1 unspecified atom stereocenters. The molecule has 0 N–H and O–H groups in total. The minimum atomic E-state index is -0.273. The summed E-state index contributed by atoms with van der Waals surface area (Å²) in [5.74, 6) is 0.0546. The van der Waals surface area contributed by atoms with Crippen LogP contribution in [0.1, 0.15) is 111 Å². The van der Waals surface area contributed by atoms with Crippen molar-refractivity contribution in [3.8, 4) is 0 Å². The van der Waals surface area contributed by atoms with E-state index in [2.05, 4.69) is 13.8 Å². The van der Waals surface area contributed by atoms with Gasteiger partial charge in [0.15, 0.2) is 0 Å². The minimum Gasteiger partial charge on any atom is -0.462 e. The first-order chi connectivity index (χ1) is 11.1. The molecule has 0 aliphatic heterocycles. The zero-order chi connectivity index (χ0) is 17.3. The van der Waals surface area contributed by atoms with Crippen LogP contribution in [-0.4, -0.2) is 17.9 Å². The van der Waals surface area contributed by atoms with Crippen molar-refractivity contribution in [2.24, 2.45) is 0 Å². The fraction of sp³-hybridized carbons (Fsp3) is 0.900. The lowest BCUT2D eigenvalue weighted by Crippen LogP contribution is -2.18. The quantitative estimate of drug-likeness (QED) is 0.258. The molecule has 0 fully saturated rings. The van der Waals surface area contributed by atoms with E-state index >= 15 is 0 Å². The Bertz CT molecular complexity index is 299. The Morgan fingerprint density at radius 1 is 0.739 bits per heavy atom. The average molecular weight is 327 g/mol. The van der Waals surface area contributed by atoms with Gasteiger partial charge in [0.2, 0.25) is 0 Å². The number of carbonyl (C=O) groups is 2. The maximum atomic E-state index is 11.7. The van der Waals surface area contributed by atoms with Crippen LogP contribution in [0.15, 0.2) is 0 Å². The van der Waals surface area contributed by atoms with Crippen LogP contribution in [0, 0.1) is 0 Å². The Labute approximate surface area is 143 Å². The molecule has 0 heterocycles. The van der Waals surface area contributed by atoms with Crippen molar-refractivity contribution in [1.82, 2.24) is 0 Å². The molecule has 0 aliphatic carbocycles. The van der Waals surface area contributed by atoms with Gasteiger partial charge in [0.25, 0.3) is 0 Å². The highest BCUT2D eigenvalue weighted by atomic mass is 16.5. The predicted molar refractivity (Wildman–Crippen MR) is 96.5 cm³/mol. The zero-order valence-corrected chi connectivity index (χ0v) is 15.7. The Kier molecular flexibility index (Phi) is 15.4. The summed E-state index contributed by atoms with van der Waals surface area (Å²) in [6.45, 7) is 6.13. The van der Waals surface area contributed by atoms with Crippen LogP contribution in [0.4, 0.5) is 0 Å². The molecular formula is C20H38O3. The van der Waals surface area contributed by atoms with E-state index in [0.717, 1.165) is 25.7 Å². The molecule has 0 amide bonds. The first-order valence-electron chi connectivity index (χ1n) is 9.81. The van der Waals surface area contributed by atoms with Crippen molar-refractivity contribution in [3.63, 3.8) is 0 Å². The fourth-order valence-corrected chi connectivity index (χ4v) is 2.70. The van der Waals surface area contributed by atoms with Crippen molar-refractivity contribution < 1.29 is 14.3 Å². The number of hydrogen-bond acceptors (Lipinski definition) is 3. The second-order valence-corrected chi connectivity index (χ2v) is 6.73. The monoisotopic (exact) mass is 326 g/mol. The van der Waals surface area contributed by atoms with E-state index < -0.39 is 0 Å². The molecule has 0 saturated carbocycles. The van der Waals surface area contributed by atoms with Crippen molar-refractivity contribution in [2.75, 3.05) is 0 Å². The van der Waals surface area contributed by atoms with Gasteiger partial charge in [-0.25, -0.2) is 0 Å². The van der Waals surface area contributed by atoms with Crippen LogP contribution in [0.3, 0.4) is 0 Å². The van der Waals surface area contributed by atoms with Crippen LogP contribution < -0.4 is 0 Å². The summed E-state index contributed by atoms with van der Waals surface area (Å²) in [4.78, 5) is 23.4. The second kappa shape index (κ2) is 16.0. The lowest BCUT2D eigenvalue weighted by atomic mass is 10.1. The van der Waals surface area contributed by atoms with Gasteiger partial charge in [0.1, 0.15) is 11.9 Å². The van der Waals surface area contributed by atoms with Crippen LogP contribution >= 0.6 is 0 Å². The summed E-state index contributed by atoms with van der Waals surface area (Å²) in [5, 5.41) is 0. The maximum Gasteiger partial charge on any atom is 0.306 e. The minimum absolute atomic E-state index is 0.149. The topological polar surface area (TPSA) is 43.4 Å². The number of ketones is 1. The van der Waals surface area contributed by atoms with E-state index in [4.69, 9.17) is 4.74 Å². The van der Waals surface area contributed by atoms with Gasteiger partial charge in [0.05, 0.1) is 0 Å². The van der Waals surface area contributed by atoms with E-state index in [1.54, 1.807) is 0 Å². The third kappa shape index (κ3) is 15.8. The Balaban J connectivity index is 3.47. The molecule has 3 heteroatoms. The molecule has 3 nitrogen and oxygen atoms in total. The lowest BCUT2D eigenvalue weighted by molar-refractivity contribution is -0.149. The molecular weight excluding hydrogens is 288 g/mol. The van der Waals surface area contributed by atoms with Gasteiger partial charge in [-0.05, 0) is 19.8 Å². The van der Waals surface area contributed by atoms with Gasteiger partial charge >= 0.3 is 5.97 Å². The Hall–Kier alpha value is -0.860. The summed E-state index contributed by atoms with van der Waals surface area (Å²) < 4.78 is 5.31. The van der Waals surface area contributed by atoms with Gasteiger partial charge in [-0.1, -0.05) is 71.6 Å². The van der Waals surface area contributed by atoms with Crippen molar-refractivity contribution in [3.05, 3.63) is 0 Å². The second-order valence-electron chi connectivity index (χ2n) is 6.73. The first kappa shape index (κ1) is 22.1. The number of ether oxygens (including phenoxy) is 1. The standard InChI is InChI=1S/C20H38O3/c1-4-6-8-9-10-11-12-13-14-16-20(22)23-18(3)17-19(21)15-7-5-2/h18H,4-17H2,1-3H3. The molecule has 0 bridgehead atoms. The van der Waals surface area contributed by atoms with Crippen LogP contribution in [-0.2, 0) is 14.3 Å². The summed E-state index contributed by atoms with van der Waals surface area (Å²) in [7, 11) is 0. The number of Topliss-reactive ketones (excluding diaryl/α,β-unsaturated/α-hetero) is 1. The van der Waals surface area contributed by atoms with Gasteiger partial charge < -0.3 is 4.74 Å². The molecule has 0 aromatic heterocycles. The van der Waals surface area contributed by atoms with E-state index in [9.17, 15) is 9.59 Å². The van der Waals surface area contributed by atoms with E-state index in [1.807, 2.05) is 6.92 Å². The molecule has 0 saturated heterocycles. The maximum absolute atomic E-state index is 11.7. The Morgan fingerprint density at radius 3 is 1.83 bits per heavy atom. The van der Waals surface area contributed by atoms with Crippen LogP contribution in [0.2, 0.25) is 0 Å². The number of carbonyl (C=O) groups excluding carboxylic acids is 2. The highest BCUT2D eigenvalue weighted by Gasteiger charge is 2.13. The summed E-state index contributed by atoms with van der Waals surface area (Å²) >= 11 is 0. The lowest BCUT2D eigenvalue weighted by Gasteiger charge is -2.12. The van der Waals surface area contributed by atoms with Crippen LogP contribution in [0.5, 0.6) is 0 Å². The summed E-state index contributed by atoms with van der Waals surface area (Å²) in [6.07, 6.45) is 14.3. The van der Waals surface area contributed by atoms with Crippen molar-refractivity contribution in [2.45, 2.75) is 117 Å². The molecule has 0 rings (SSSR count). The zero-order valence-electron chi connectivity index (χ0n) is 15.7. The van der Waals surface area contributed by atoms with E-state index in [-0.39, 0.29) is 17.9 Å². The molecule has 23 heavy (non-hydrogen) atoms. The van der Waals surface area contributed by atoms with E-state index in [0.29, 0.717) is 19.3 Å². The van der Waals surface area contributed by atoms with E-state index in [1.165, 1.54) is 44.9 Å². The SMILES string of the molecule is CCCCCCCCCCCC(=O)OC(C)CC(=O)CCCC. The van der Waals surface area contributed by atoms with Crippen LogP contribution in [0.25, 0.3) is 0 Å². The molecule has 0 spiro atoms. The molecule has 0 radical (unpaired) electrons. The molecule has 0 aromatic carbocycles. The number of hydrogen-bond donors (Lipinski definition) is 0.